The summed E-state index contributed by atoms with van der Waals surface area (Å²) in [6.07, 6.45) is 10.5. The Labute approximate surface area is 98.9 Å². The lowest BCUT2D eigenvalue weighted by Gasteiger charge is -2.23. The second kappa shape index (κ2) is 5.67. The van der Waals surface area contributed by atoms with Crippen LogP contribution in [0.25, 0.3) is 0 Å². The molecule has 0 heterocycles. The summed E-state index contributed by atoms with van der Waals surface area (Å²) in [7, 11) is 0. The summed E-state index contributed by atoms with van der Waals surface area (Å²) in [5.74, 6) is 8.07. The van der Waals surface area contributed by atoms with Gasteiger partial charge in [-0.25, -0.2) is 5.84 Å². The molecular weight excluding hydrogens is 198 g/mol. The highest BCUT2D eigenvalue weighted by molar-refractivity contribution is 5.84. The molecule has 0 aliphatic heterocycles. The lowest BCUT2D eigenvalue weighted by molar-refractivity contribution is 0.435. The third-order valence-corrected chi connectivity index (χ3v) is 4.26. The van der Waals surface area contributed by atoms with Crippen molar-refractivity contribution in [1.29, 1.82) is 0 Å². The first-order valence-corrected chi connectivity index (χ1v) is 6.85. The summed E-state index contributed by atoms with van der Waals surface area (Å²) < 4.78 is 0. The highest BCUT2D eigenvalue weighted by atomic mass is 15.3. The quantitative estimate of drug-likeness (QED) is 0.327. The molecule has 3 nitrogen and oxygen atoms in total. The summed E-state index contributed by atoms with van der Waals surface area (Å²) in [6.45, 7) is 2.32. The van der Waals surface area contributed by atoms with Crippen molar-refractivity contribution >= 4 is 5.84 Å². The number of nitrogens with two attached hydrogens (primary N) is 1. The van der Waals surface area contributed by atoms with Crippen LogP contribution in [-0.4, -0.2) is 11.9 Å². The van der Waals surface area contributed by atoms with E-state index < -0.39 is 0 Å². The molecule has 0 aromatic carbocycles. The summed E-state index contributed by atoms with van der Waals surface area (Å²) in [4.78, 5) is 4.87. The standard InChI is InChI=1S/C13H25N3/c1-10-6-5-9-12(10)13(16-14)15-11-7-3-2-4-8-11/h10-12H,2-9,14H2,1H3,(H,15,16). The third-order valence-electron chi connectivity index (χ3n) is 4.26. The first kappa shape index (κ1) is 11.9. The van der Waals surface area contributed by atoms with Crippen LogP contribution >= 0.6 is 0 Å². The van der Waals surface area contributed by atoms with E-state index in [4.69, 9.17) is 10.8 Å². The average molecular weight is 223 g/mol. The van der Waals surface area contributed by atoms with Crippen LogP contribution in [0.1, 0.15) is 58.3 Å². The molecule has 0 bridgehead atoms. The monoisotopic (exact) mass is 223 g/mol. The molecule has 2 aliphatic rings. The summed E-state index contributed by atoms with van der Waals surface area (Å²) in [5, 5.41) is 0. The molecule has 0 spiro atoms. The Morgan fingerprint density at radius 3 is 2.38 bits per heavy atom. The third kappa shape index (κ3) is 2.76. The Balaban J connectivity index is 1.99. The molecule has 0 aromatic heterocycles. The van der Waals surface area contributed by atoms with E-state index in [-0.39, 0.29) is 0 Å². The lowest BCUT2D eigenvalue weighted by Crippen LogP contribution is -2.38. The number of aliphatic imine (C=N–C) groups is 1. The SMILES string of the molecule is CC1CCCC1C(=NC1CCCCC1)NN. The van der Waals surface area contributed by atoms with Crippen molar-refractivity contribution in [3.8, 4) is 0 Å². The zero-order valence-electron chi connectivity index (χ0n) is 10.4. The summed E-state index contributed by atoms with van der Waals surface area (Å²) in [6, 6.07) is 0.535. The van der Waals surface area contributed by atoms with Crippen LogP contribution in [0.15, 0.2) is 4.99 Å². The molecule has 0 aromatic rings. The van der Waals surface area contributed by atoms with Gasteiger partial charge in [0.2, 0.25) is 0 Å². The molecular formula is C13H25N3. The minimum atomic E-state index is 0.535. The Morgan fingerprint density at radius 2 is 1.81 bits per heavy atom. The van der Waals surface area contributed by atoms with E-state index in [9.17, 15) is 0 Å². The van der Waals surface area contributed by atoms with E-state index in [1.54, 1.807) is 0 Å². The van der Waals surface area contributed by atoms with Crippen molar-refractivity contribution in [3.63, 3.8) is 0 Å². The fourth-order valence-corrected chi connectivity index (χ4v) is 3.20. The molecule has 2 aliphatic carbocycles. The van der Waals surface area contributed by atoms with Gasteiger partial charge in [-0.1, -0.05) is 32.6 Å². The van der Waals surface area contributed by atoms with Crippen LogP contribution in [-0.2, 0) is 0 Å². The van der Waals surface area contributed by atoms with Crippen LogP contribution in [0, 0.1) is 11.8 Å². The maximum Gasteiger partial charge on any atom is 0.114 e. The Morgan fingerprint density at radius 1 is 1.06 bits per heavy atom. The number of nitrogens with one attached hydrogen (secondary N) is 1. The highest BCUT2D eigenvalue weighted by Gasteiger charge is 2.28. The second-order valence-electron chi connectivity index (χ2n) is 5.47. The van der Waals surface area contributed by atoms with Gasteiger partial charge in [0.1, 0.15) is 5.84 Å². The molecule has 92 valence electrons. The molecule has 2 fully saturated rings. The first-order chi connectivity index (χ1) is 7.81. The predicted molar refractivity (Wildman–Crippen MR) is 68.1 cm³/mol. The van der Waals surface area contributed by atoms with Crippen LogP contribution in [0.4, 0.5) is 0 Å². The van der Waals surface area contributed by atoms with Gasteiger partial charge < -0.3 is 5.43 Å². The molecule has 2 unspecified atom stereocenters. The number of rotatable bonds is 2. The predicted octanol–water partition coefficient (Wildman–Crippen LogP) is 2.62. The van der Waals surface area contributed by atoms with Gasteiger partial charge in [0.05, 0.1) is 6.04 Å². The van der Waals surface area contributed by atoms with Crippen molar-refractivity contribution < 1.29 is 0 Å². The molecule has 3 heteroatoms. The van der Waals surface area contributed by atoms with Gasteiger partial charge in [-0.15, -0.1) is 0 Å². The molecule has 3 N–H and O–H groups in total. The minimum Gasteiger partial charge on any atom is -0.312 e. The lowest BCUT2D eigenvalue weighted by atomic mass is 9.94. The molecule has 0 saturated heterocycles. The number of hydrogen-bond donors (Lipinski definition) is 2. The molecule has 16 heavy (non-hydrogen) atoms. The first-order valence-electron chi connectivity index (χ1n) is 6.85. The number of hydrazine groups is 1. The van der Waals surface area contributed by atoms with Crippen molar-refractivity contribution in [2.75, 3.05) is 0 Å². The Hall–Kier alpha value is -0.570. The Bertz CT molecular complexity index is 244. The second-order valence-corrected chi connectivity index (χ2v) is 5.47. The van der Waals surface area contributed by atoms with E-state index in [0.29, 0.717) is 12.0 Å². The maximum absolute atomic E-state index is 5.65. The van der Waals surface area contributed by atoms with Gasteiger partial charge in [0.25, 0.3) is 0 Å². The maximum atomic E-state index is 5.65. The smallest absolute Gasteiger partial charge is 0.114 e. The van der Waals surface area contributed by atoms with Gasteiger partial charge in [-0.2, -0.15) is 0 Å². The fraction of sp³-hybridized carbons (Fsp3) is 0.923. The highest BCUT2D eigenvalue weighted by Crippen LogP contribution is 2.32. The van der Waals surface area contributed by atoms with E-state index in [1.165, 1.54) is 51.4 Å². The number of nitrogens with zero attached hydrogens (tertiary/aromatic N) is 1. The largest absolute Gasteiger partial charge is 0.312 e. The zero-order chi connectivity index (χ0) is 11.4. The van der Waals surface area contributed by atoms with Gasteiger partial charge in [0.15, 0.2) is 0 Å². The van der Waals surface area contributed by atoms with E-state index in [2.05, 4.69) is 12.3 Å². The van der Waals surface area contributed by atoms with Gasteiger partial charge in [-0.05, 0) is 31.6 Å². The van der Waals surface area contributed by atoms with E-state index in [1.807, 2.05) is 0 Å². The number of amidine groups is 1. The van der Waals surface area contributed by atoms with E-state index in [0.717, 1.165) is 11.8 Å². The van der Waals surface area contributed by atoms with Crippen LogP contribution in [0.5, 0.6) is 0 Å². The number of hydrogen-bond acceptors (Lipinski definition) is 2. The topological polar surface area (TPSA) is 50.4 Å². The van der Waals surface area contributed by atoms with E-state index >= 15 is 0 Å². The van der Waals surface area contributed by atoms with Gasteiger partial charge >= 0.3 is 0 Å². The average Bonchev–Trinajstić information content (AvgIpc) is 2.74. The van der Waals surface area contributed by atoms with Crippen molar-refractivity contribution in [3.05, 3.63) is 0 Å². The summed E-state index contributed by atoms with van der Waals surface area (Å²) in [5.41, 5.74) is 2.87. The molecule has 2 rings (SSSR count). The van der Waals surface area contributed by atoms with Crippen LogP contribution in [0.2, 0.25) is 0 Å². The van der Waals surface area contributed by atoms with Crippen LogP contribution < -0.4 is 11.3 Å². The van der Waals surface area contributed by atoms with Crippen molar-refractivity contribution in [2.24, 2.45) is 22.7 Å². The molecule has 2 saturated carbocycles. The normalized spacial score (nSPS) is 33.0. The molecule has 0 radical (unpaired) electrons. The van der Waals surface area contributed by atoms with Crippen molar-refractivity contribution in [2.45, 2.75) is 64.3 Å². The van der Waals surface area contributed by atoms with Gasteiger partial charge in [-0.3, -0.25) is 4.99 Å². The van der Waals surface area contributed by atoms with Crippen molar-refractivity contribution in [1.82, 2.24) is 5.43 Å². The van der Waals surface area contributed by atoms with Gasteiger partial charge in [0, 0.05) is 5.92 Å². The van der Waals surface area contributed by atoms with Crippen LogP contribution in [0.3, 0.4) is 0 Å². The zero-order valence-corrected chi connectivity index (χ0v) is 10.4. The Kier molecular flexibility index (Phi) is 4.22. The summed E-state index contributed by atoms with van der Waals surface area (Å²) >= 11 is 0. The fourth-order valence-electron chi connectivity index (χ4n) is 3.20. The minimum absolute atomic E-state index is 0.535. The molecule has 0 amide bonds. The molecule has 2 atom stereocenters.